The maximum Gasteiger partial charge on any atom is 0.242 e. The lowest BCUT2D eigenvalue weighted by molar-refractivity contribution is -0.140. The van der Waals surface area contributed by atoms with Crippen LogP contribution in [0.3, 0.4) is 0 Å². The topological polar surface area (TPSA) is 61.4 Å². The van der Waals surface area contributed by atoms with Crippen molar-refractivity contribution in [2.45, 2.75) is 25.8 Å². The van der Waals surface area contributed by atoms with Crippen LogP contribution in [0.25, 0.3) is 0 Å². The van der Waals surface area contributed by atoms with Crippen LogP contribution in [0.1, 0.15) is 19.8 Å². The van der Waals surface area contributed by atoms with Gasteiger partial charge >= 0.3 is 0 Å². The second kappa shape index (κ2) is 7.50. The highest BCUT2D eigenvalue weighted by molar-refractivity contribution is 5.88. The molecule has 1 aliphatic heterocycles. The molecule has 6 heteroatoms. The molecule has 0 aromatic heterocycles. The summed E-state index contributed by atoms with van der Waals surface area (Å²) in [5.41, 5.74) is 0. The zero-order valence-corrected chi connectivity index (χ0v) is 11.5. The van der Waals surface area contributed by atoms with Crippen LogP contribution in [-0.4, -0.2) is 49.9 Å². The minimum atomic E-state index is -0.267. The molecule has 0 aromatic rings. The molecule has 0 aromatic carbocycles. The summed E-state index contributed by atoms with van der Waals surface area (Å²) in [6.07, 6.45) is 1.69. The van der Waals surface area contributed by atoms with Crippen LogP contribution in [0.15, 0.2) is 0 Å². The quantitative estimate of drug-likeness (QED) is 0.751. The van der Waals surface area contributed by atoms with Gasteiger partial charge < -0.3 is 15.5 Å². The van der Waals surface area contributed by atoms with Crippen molar-refractivity contribution in [1.29, 1.82) is 0 Å². The van der Waals surface area contributed by atoms with E-state index in [-0.39, 0.29) is 36.2 Å². The van der Waals surface area contributed by atoms with Gasteiger partial charge in [-0.25, -0.2) is 0 Å². The number of likely N-dealkylation sites (N-methyl/N-ethyl adjacent to an activating group) is 1. The van der Waals surface area contributed by atoms with Crippen molar-refractivity contribution in [2.75, 3.05) is 27.2 Å². The van der Waals surface area contributed by atoms with E-state index in [1.54, 1.807) is 11.9 Å². The largest absolute Gasteiger partial charge is 0.357 e. The molecule has 1 fully saturated rings. The van der Waals surface area contributed by atoms with E-state index in [9.17, 15) is 9.59 Å². The molecule has 1 heterocycles. The fourth-order valence-corrected chi connectivity index (χ4v) is 2.15. The van der Waals surface area contributed by atoms with Crippen molar-refractivity contribution in [1.82, 2.24) is 15.5 Å². The lowest BCUT2D eigenvalue weighted by atomic mass is 10.1. The molecule has 0 saturated carbocycles. The molecule has 1 aliphatic rings. The van der Waals surface area contributed by atoms with Crippen LogP contribution in [0.2, 0.25) is 0 Å². The van der Waals surface area contributed by atoms with Crippen LogP contribution < -0.4 is 10.6 Å². The summed E-state index contributed by atoms with van der Waals surface area (Å²) in [6, 6.07) is -0.267. The number of nitrogens with one attached hydrogen (secondary N) is 2. The molecular formula is C11H22ClN3O2. The smallest absolute Gasteiger partial charge is 0.242 e. The van der Waals surface area contributed by atoms with Gasteiger partial charge in [0.1, 0.15) is 6.04 Å². The van der Waals surface area contributed by atoms with Crippen LogP contribution in [0.4, 0.5) is 0 Å². The summed E-state index contributed by atoms with van der Waals surface area (Å²) in [4.78, 5) is 25.4. The SMILES string of the molecule is CNCC(C)C(=O)N1CCCC1C(=O)NC.Cl. The minimum absolute atomic E-state index is 0. The Morgan fingerprint density at radius 2 is 2.06 bits per heavy atom. The Labute approximate surface area is 109 Å². The number of nitrogens with zero attached hydrogens (tertiary/aromatic N) is 1. The number of amides is 2. The van der Waals surface area contributed by atoms with Crippen LogP contribution in [0, 0.1) is 5.92 Å². The molecule has 1 saturated heterocycles. The molecule has 100 valence electrons. The molecule has 17 heavy (non-hydrogen) atoms. The molecule has 2 atom stereocenters. The van der Waals surface area contributed by atoms with Crippen molar-refractivity contribution >= 4 is 24.2 Å². The molecule has 5 nitrogen and oxygen atoms in total. The number of rotatable bonds is 4. The molecular weight excluding hydrogens is 242 g/mol. The van der Waals surface area contributed by atoms with Crippen molar-refractivity contribution in [2.24, 2.45) is 5.92 Å². The minimum Gasteiger partial charge on any atom is -0.357 e. The average Bonchev–Trinajstić information content (AvgIpc) is 2.76. The van der Waals surface area contributed by atoms with Gasteiger partial charge in [-0.3, -0.25) is 9.59 Å². The first kappa shape index (κ1) is 16.2. The number of carbonyl (C=O) groups is 2. The first-order chi connectivity index (χ1) is 7.61. The lowest BCUT2D eigenvalue weighted by Crippen LogP contribution is -2.47. The number of hydrogen-bond donors (Lipinski definition) is 2. The van der Waals surface area contributed by atoms with Crippen molar-refractivity contribution < 1.29 is 9.59 Å². The first-order valence-corrected chi connectivity index (χ1v) is 5.78. The fraction of sp³-hybridized carbons (Fsp3) is 0.818. The Hall–Kier alpha value is -0.810. The van der Waals surface area contributed by atoms with Gasteiger partial charge in [0.15, 0.2) is 0 Å². The third-order valence-corrected chi connectivity index (χ3v) is 3.02. The van der Waals surface area contributed by atoms with Gasteiger partial charge in [0.25, 0.3) is 0 Å². The molecule has 2 amide bonds. The number of likely N-dealkylation sites (tertiary alicyclic amines) is 1. The normalized spacial score (nSPS) is 20.6. The van der Waals surface area contributed by atoms with Gasteiger partial charge in [-0.15, -0.1) is 12.4 Å². The van der Waals surface area contributed by atoms with E-state index in [0.29, 0.717) is 13.1 Å². The number of hydrogen-bond acceptors (Lipinski definition) is 3. The molecule has 1 rings (SSSR count). The van der Waals surface area contributed by atoms with Crippen molar-refractivity contribution in [3.05, 3.63) is 0 Å². The molecule has 0 aliphatic carbocycles. The summed E-state index contributed by atoms with van der Waals surface area (Å²) in [6.45, 7) is 3.23. The highest BCUT2D eigenvalue weighted by Crippen LogP contribution is 2.19. The van der Waals surface area contributed by atoms with Crippen LogP contribution in [-0.2, 0) is 9.59 Å². The summed E-state index contributed by atoms with van der Waals surface area (Å²) in [5.74, 6) is -0.0572. The van der Waals surface area contributed by atoms with E-state index in [1.165, 1.54) is 0 Å². The Balaban J connectivity index is 0.00000256. The third kappa shape index (κ3) is 3.85. The molecule has 0 radical (unpaired) electrons. The van der Waals surface area contributed by atoms with Crippen LogP contribution in [0.5, 0.6) is 0 Å². The zero-order valence-electron chi connectivity index (χ0n) is 10.7. The number of carbonyl (C=O) groups excluding carboxylic acids is 2. The predicted molar refractivity (Wildman–Crippen MR) is 69.1 cm³/mol. The summed E-state index contributed by atoms with van der Waals surface area (Å²) >= 11 is 0. The van der Waals surface area contributed by atoms with Crippen LogP contribution >= 0.6 is 12.4 Å². The van der Waals surface area contributed by atoms with Crippen molar-refractivity contribution in [3.8, 4) is 0 Å². The second-order valence-electron chi connectivity index (χ2n) is 4.26. The molecule has 2 unspecified atom stereocenters. The predicted octanol–water partition coefficient (Wildman–Crippen LogP) is 0.000700. The average molecular weight is 264 g/mol. The molecule has 0 bridgehead atoms. The maximum absolute atomic E-state index is 12.1. The Morgan fingerprint density at radius 3 is 2.59 bits per heavy atom. The lowest BCUT2D eigenvalue weighted by Gasteiger charge is -2.26. The summed E-state index contributed by atoms with van der Waals surface area (Å²) in [5, 5.41) is 5.60. The van der Waals surface area contributed by atoms with E-state index in [4.69, 9.17) is 0 Å². The highest BCUT2D eigenvalue weighted by atomic mass is 35.5. The second-order valence-corrected chi connectivity index (χ2v) is 4.26. The third-order valence-electron chi connectivity index (χ3n) is 3.02. The Morgan fingerprint density at radius 1 is 1.41 bits per heavy atom. The van der Waals surface area contributed by atoms with E-state index < -0.39 is 0 Å². The first-order valence-electron chi connectivity index (χ1n) is 5.78. The van der Waals surface area contributed by atoms with E-state index in [1.807, 2.05) is 14.0 Å². The van der Waals surface area contributed by atoms with Gasteiger partial charge in [-0.2, -0.15) is 0 Å². The van der Waals surface area contributed by atoms with Gasteiger partial charge in [-0.05, 0) is 19.9 Å². The Kier molecular flexibility index (Phi) is 7.15. The number of halogens is 1. The fourth-order valence-electron chi connectivity index (χ4n) is 2.15. The van der Waals surface area contributed by atoms with Gasteiger partial charge in [0, 0.05) is 26.1 Å². The monoisotopic (exact) mass is 263 g/mol. The zero-order chi connectivity index (χ0) is 12.1. The summed E-state index contributed by atoms with van der Waals surface area (Å²) in [7, 11) is 3.43. The molecule has 0 spiro atoms. The van der Waals surface area contributed by atoms with Gasteiger partial charge in [0.2, 0.25) is 11.8 Å². The van der Waals surface area contributed by atoms with Gasteiger partial charge in [-0.1, -0.05) is 6.92 Å². The molecule has 2 N–H and O–H groups in total. The van der Waals surface area contributed by atoms with Gasteiger partial charge in [0.05, 0.1) is 0 Å². The maximum atomic E-state index is 12.1. The summed E-state index contributed by atoms with van der Waals surface area (Å²) < 4.78 is 0. The van der Waals surface area contributed by atoms with Crippen molar-refractivity contribution in [3.63, 3.8) is 0 Å². The van der Waals surface area contributed by atoms with E-state index in [0.717, 1.165) is 12.8 Å². The highest BCUT2D eigenvalue weighted by Gasteiger charge is 2.34. The Bertz CT molecular complexity index is 273. The standard InChI is InChI=1S/C11H21N3O2.ClH/c1-8(7-12-2)11(16)14-6-4-5-9(14)10(15)13-3;/h8-9,12H,4-7H2,1-3H3,(H,13,15);1H. The van der Waals surface area contributed by atoms with E-state index in [2.05, 4.69) is 10.6 Å². The van der Waals surface area contributed by atoms with E-state index >= 15 is 0 Å².